The molecule has 0 aliphatic heterocycles. The topological polar surface area (TPSA) is 82.5 Å². The SMILES string of the molecule is Nn1nncc1Sc1cnns1. The molecule has 0 bridgehead atoms. The maximum absolute atomic E-state index is 5.44. The first-order chi connectivity index (χ1) is 5.86. The second-order valence-electron chi connectivity index (χ2n) is 1.86. The smallest absolute Gasteiger partial charge is 0.143 e. The van der Waals surface area contributed by atoms with Gasteiger partial charge in [-0.2, -0.15) is 4.79 Å². The molecule has 12 heavy (non-hydrogen) atoms. The van der Waals surface area contributed by atoms with Crippen molar-refractivity contribution < 1.29 is 0 Å². The molecule has 2 aromatic heterocycles. The molecule has 2 heterocycles. The molecule has 0 fully saturated rings. The van der Waals surface area contributed by atoms with E-state index in [1.165, 1.54) is 28.1 Å². The first kappa shape index (κ1) is 7.50. The number of nitrogen functional groups attached to an aromatic ring is 1. The van der Waals surface area contributed by atoms with Gasteiger partial charge in [-0.25, -0.2) is 0 Å². The first-order valence-corrected chi connectivity index (χ1v) is 4.56. The Bertz CT molecular complexity index is 353. The van der Waals surface area contributed by atoms with Gasteiger partial charge in [-0.3, -0.25) is 0 Å². The fourth-order valence-electron chi connectivity index (χ4n) is 0.613. The average Bonchev–Trinajstić information content (AvgIpc) is 2.65. The van der Waals surface area contributed by atoms with Crippen LogP contribution in [-0.2, 0) is 0 Å². The lowest BCUT2D eigenvalue weighted by Crippen LogP contribution is -2.10. The summed E-state index contributed by atoms with van der Waals surface area (Å²) in [5, 5.41) is 11.7. The molecule has 2 N–H and O–H groups in total. The molecule has 6 nitrogen and oxygen atoms in total. The van der Waals surface area contributed by atoms with E-state index in [-0.39, 0.29) is 0 Å². The largest absolute Gasteiger partial charge is 0.321 e. The molecule has 0 aliphatic carbocycles. The van der Waals surface area contributed by atoms with Crippen LogP contribution in [-0.4, -0.2) is 24.7 Å². The van der Waals surface area contributed by atoms with Crippen LogP contribution >= 0.6 is 23.3 Å². The third-order valence-corrected chi connectivity index (χ3v) is 2.83. The van der Waals surface area contributed by atoms with E-state index < -0.39 is 0 Å². The Kier molecular flexibility index (Phi) is 1.92. The van der Waals surface area contributed by atoms with Crippen LogP contribution < -0.4 is 5.84 Å². The lowest BCUT2D eigenvalue weighted by molar-refractivity contribution is 0.716. The Hall–Kier alpha value is -1.15. The van der Waals surface area contributed by atoms with Crippen LogP contribution in [0.15, 0.2) is 21.6 Å². The van der Waals surface area contributed by atoms with Crippen molar-refractivity contribution in [3.05, 3.63) is 12.4 Å². The van der Waals surface area contributed by atoms with Crippen LogP contribution in [0.1, 0.15) is 0 Å². The molecular formula is C4H4N6S2. The van der Waals surface area contributed by atoms with Crippen molar-refractivity contribution in [3.8, 4) is 0 Å². The van der Waals surface area contributed by atoms with Crippen molar-refractivity contribution in [1.82, 2.24) is 24.7 Å². The summed E-state index contributed by atoms with van der Waals surface area (Å²) < 4.78 is 4.67. The zero-order valence-corrected chi connectivity index (χ0v) is 7.42. The lowest BCUT2D eigenvalue weighted by Gasteiger charge is -1.93. The van der Waals surface area contributed by atoms with Crippen molar-refractivity contribution in [1.29, 1.82) is 0 Å². The zero-order valence-electron chi connectivity index (χ0n) is 5.78. The number of hydrogen-bond acceptors (Lipinski definition) is 7. The van der Waals surface area contributed by atoms with Crippen LogP contribution in [0.4, 0.5) is 0 Å². The van der Waals surface area contributed by atoms with Gasteiger partial charge >= 0.3 is 0 Å². The maximum Gasteiger partial charge on any atom is 0.143 e. The Labute approximate surface area is 75.9 Å². The van der Waals surface area contributed by atoms with E-state index in [9.17, 15) is 0 Å². The minimum absolute atomic E-state index is 0.765. The van der Waals surface area contributed by atoms with Crippen LogP contribution in [0.5, 0.6) is 0 Å². The van der Waals surface area contributed by atoms with Gasteiger partial charge in [0, 0.05) is 0 Å². The van der Waals surface area contributed by atoms with Gasteiger partial charge in [0.2, 0.25) is 0 Å². The van der Waals surface area contributed by atoms with Crippen molar-refractivity contribution in [3.63, 3.8) is 0 Å². The molecule has 0 aromatic carbocycles. The van der Waals surface area contributed by atoms with E-state index in [2.05, 4.69) is 19.9 Å². The summed E-state index contributed by atoms with van der Waals surface area (Å²) in [5.41, 5.74) is 0. The van der Waals surface area contributed by atoms with Gasteiger partial charge in [-0.1, -0.05) is 16.3 Å². The van der Waals surface area contributed by atoms with Gasteiger partial charge in [0.05, 0.1) is 12.4 Å². The summed E-state index contributed by atoms with van der Waals surface area (Å²) in [6, 6.07) is 0. The monoisotopic (exact) mass is 200 g/mol. The third-order valence-electron chi connectivity index (χ3n) is 1.09. The van der Waals surface area contributed by atoms with Gasteiger partial charge in [-0.05, 0) is 16.7 Å². The summed E-state index contributed by atoms with van der Waals surface area (Å²) in [7, 11) is 0. The number of nitrogens with zero attached hydrogens (tertiary/aromatic N) is 5. The maximum atomic E-state index is 5.44. The molecule has 0 unspecified atom stereocenters. The van der Waals surface area contributed by atoms with Crippen LogP contribution in [0.3, 0.4) is 0 Å². The third kappa shape index (κ3) is 1.38. The predicted octanol–water partition coefficient (Wildman–Crippen LogP) is -0.00540. The van der Waals surface area contributed by atoms with E-state index >= 15 is 0 Å². The van der Waals surface area contributed by atoms with Gasteiger partial charge < -0.3 is 5.84 Å². The Morgan fingerprint density at radius 3 is 2.92 bits per heavy atom. The van der Waals surface area contributed by atoms with Gasteiger partial charge in [0.25, 0.3) is 0 Å². The highest BCUT2D eigenvalue weighted by Gasteiger charge is 2.04. The van der Waals surface area contributed by atoms with Crippen molar-refractivity contribution in [2.24, 2.45) is 0 Å². The van der Waals surface area contributed by atoms with Gasteiger partial charge in [0.15, 0.2) is 0 Å². The van der Waals surface area contributed by atoms with Crippen molar-refractivity contribution in [2.75, 3.05) is 5.84 Å². The van der Waals surface area contributed by atoms with E-state index in [0.717, 1.165) is 9.24 Å². The molecule has 0 radical (unpaired) electrons. The van der Waals surface area contributed by atoms with Crippen molar-refractivity contribution >= 4 is 23.3 Å². The normalized spacial score (nSPS) is 10.3. The number of hydrogen-bond donors (Lipinski definition) is 1. The van der Waals surface area contributed by atoms with E-state index in [0.29, 0.717) is 0 Å². The number of nitrogens with two attached hydrogens (primary N) is 1. The van der Waals surface area contributed by atoms with Crippen LogP contribution in [0.2, 0.25) is 0 Å². The summed E-state index contributed by atoms with van der Waals surface area (Å²) >= 11 is 2.74. The molecule has 2 aromatic rings. The molecule has 2 rings (SSSR count). The summed E-state index contributed by atoms with van der Waals surface area (Å²) in [5.74, 6) is 5.44. The zero-order chi connectivity index (χ0) is 8.39. The fourth-order valence-corrected chi connectivity index (χ4v) is 1.92. The Balaban J connectivity index is 2.20. The molecule has 0 saturated heterocycles. The molecule has 62 valence electrons. The molecule has 0 saturated carbocycles. The number of aromatic nitrogens is 5. The summed E-state index contributed by atoms with van der Waals surface area (Å²) in [6.07, 6.45) is 3.26. The highest BCUT2D eigenvalue weighted by atomic mass is 32.2. The van der Waals surface area contributed by atoms with Crippen molar-refractivity contribution in [2.45, 2.75) is 9.24 Å². The Morgan fingerprint density at radius 1 is 1.42 bits per heavy atom. The molecular weight excluding hydrogens is 196 g/mol. The summed E-state index contributed by atoms with van der Waals surface area (Å²) in [4.78, 5) is 1.21. The van der Waals surface area contributed by atoms with E-state index in [1.54, 1.807) is 12.4 Å². The number of rotatable bonds is 2. The molecule has 8 heteroatoms. The minimum Gasteiger partial charge on any atom is -0.321 e. The highest BCUT2D eigenvalue weighted by molar-refractivity contribution is 8.01. The first-order valence-electron chi connectivity index (χ1n) is 2.97. The molecule has 0 aliphatic rings. The average molecular weight is 200 g/mol. The predicted molar refractivity (Wildman–Crippen MR) is 44.2 cm³/mol. The highest BCUT2D eigenvalue weighted by Crippen LogP contribution is 2.27. The molecule has 0 amide bonds. The van der Waals surface area contributed by atoms with E-state index in [4.69, 9.17) is 5.84 Å². The lowest BCUT2D eigenvalue weighted by atomic mass is 10.9. The van der Waals surface area contributed by atoms with Crippen LogP contribution in [0, 0.1) is 0 Å². The molecule has 0 atom stereocenters. The van der Waals surface area contributed by atoms with Crippen LogP contribution in [0.25, 0.3) is 0 Å². The standard InChI is InChI=1S/C4H4N6S2/c5-10-3(1-6-8-10)11-4-2-7-9-12-4/h1-2H,5H2. The molecule has 0 spiro atoms. The van der Waals surface area contributed by atoms with Gasteiger partial charge in [-0.15, -0.1) is 10.2 Å². The Morgan fingerprint density at radius 2 is 2.33 bits per heavy atom. The second kappa shape index (κ2) is 3.07. The fraction of sp³-hybridized carbons (Fsp3) is 0. The quantitative estimate of drug-likeness (QED) is 0.687. The minimum atomic E-state index is 0.765. The van der Waals surface area contributed by atoms with Gasteiger partial charge in [0.1, 0.15) is 9.24 Å². The van der Waals surface area contributed by atoms with E-state index in [1.807, 2.05) is 0 Å². The summed E-state index contributed by atoms with van der Waals surface area (Å²) in [6.45, 7) is 0. The second-order valence-corrected chi connectivity index (χ2v) is 3.96.